The molecular weight excluding hydrogens is 775 g/mol. The van der Waals surface area contributed by atoms with Crippen molar-refractivity contribution in [3.05, 3.63) is 48.6 Å². The first kappa shape index (κ1) is 57.1. The smallest absolute Gasteiger partial charge is 0.249 e. The van der Waals surface area contributed by atoms with E-state index in [2.05, 4.69) is 61.7 Å². The Morgan fingerprint density at radius 2 is 1.07 bits per heavy atom. The van der Waals surface area contributed by atoms with Crippen LogP contribution in [0.3, 0.4) is 0 Å². The van der Waals surface area contributed by atoms with Gasteiger partial charge in [-0.2, -0.15) is 0 Å². The summed E-state index contributed by atoms with van der Waals surface area (Å²) in [6.45, 7) is 3.33. The molecule has 0 aromatic heterocycles. The van der Waals surface area contributed by atoms with Crippen molar-refractivity contribution in [1.29, 1.82) is 0 Å². The predicted octanol–water partition coefficient (Wildman–Crippen LogP) is 8.56. The first-order chi connectivity index (χ1) is 29.7. The molecule has 1 heterocycles. The maximum Gasteiger partial charge on any atom is 0.249 e. The van der Waals surface area contributed by atoms with Crippen LogP contribution >= 0.6 is 0 Å². The van der Waals surface area contributed by atoms with E-state index < -0.39 is 74.2 Å². The molecule has 11 heteroatoms. The Balaban J connectivity index is 2.35. The molecule has 1 aliphatic heterocycles. The van der Waals surface area contributed by atoms with Crippen LogP contribution in [-0.2, 0) is 14.3 Å². The summed E-state index contributed by atoms with van der Waals surface area (Å²) in [6, 6.07) is -1.19. The predicted molar refractivity (Wildman–Crippen MR) is 247 cm³/mol. The molecule has 61 heavy (non-hydrogen) atoms. The van der Waals surface area contributed by atoms with Gasteiger partial charge in [0, 0.05) is 0 Å². The lowest BCUT2D eigenvalue weighted by atomic mass is 9.98. The van der Waals surface area contributed by atoms with Crippen molar-refractivity contribution in [2.45, 2.75) is 249 Å². The third-order valence-electron chi connectivity index (χ3n) is 11.6. The van der Waals surface area contributed by atoms with E-state index in [4.69, 9.17) is 9.47 Å². The molecule has 0 radical (unpaired) electrons. The molecular formula is C50H91NO10. The van der Waals surface area contributed by atoms with Crippen LogP contribution in [0.15, 0.2) is 48.6 Å². The average molecular weight is 866 g/mol. The summed E-state index contributed by atoms with van der Waals surface area (Å²) >= 11 is 0. The zero-order valence-corrected chi connectivity index (χ0v) is 38.4. The molecule has 356 valence electrons. The minimum absolute atomic E-state index is 0.241. The number of carbonyl (C=O) groups excluding carboxylic acids is 1. The zero-order valence-electron chi connectivity index (χ0n) is 38.4. The van der Waals surface area contributed by atoms with Gasteiger partial charge in [0.15, 0.2) is 6.29 Å². The normalized spacial score (nSPS) is 21.9. The number of carbonyl (C=O) groups is 1. The molecule has 1 aliphatic rings. The fourth-order valence-corrected chi connectivity index (χ4v) is 7.49. The summed E-state index contributed by atoms with van der Waals surface area (Å²) in [5.41, 5.74) is 0. The molecule has 8 N–H and O–H groups in total. The molecule has 0 aromatic rings. The second kappa shape index (κ2) is 39.6. The topological polar surface area (TPSA) is 189 Å². The number of aliphatic hydroxyl groups is 7. The van der Waals surface area contributed by atoms with Gasteiger partial charge in [-0.05, 0) is 77.0 Å². The highest BCUT2D eigenvalue weighted by Crippen LogP contribution is 2.23. The fourth-order valence-electron chi connectivity index (χ4n) is 7.49. The summed E-state index contributed by atoms with van der Waals surface area (Å²) in [4.78, 5) is 13.1. The van der Waals surface area contributed by atoms with Crippen LogP contribution in [0.2, 0.25) is 0 Å². The molecule has 0 aliphatic carbocycles. The number of aliphatic hydroxyl groups excluding tert-OH is 7. The van der Waals surface area contributed by atoms with Crippen LogP contribution in [-0.4, -0.2) is 110 Å². The van der Waals surface area contributed by atoms with E-state index >= 15 is 0 Å². The number of nitrogens with one attached hydrogen (secondary N) is 1. The monoisotopic (exact) mass is 866 g/mol. The minimum atomic E-state index is -1.67. The van der Waals surface area contributed by atoms with Crippen molar-refractivity contribution in [2.24, 2.45) is 0 Å². The molecule has 0 bridgehead atoms. The van der Waals surface area contributed by atoms with E-state index in [1.807, 2.05) is 6.08 Å². The number of ether oxygens (including phenoxy) is 2. The van der Waals surface area contributed by atoms with Gasteiger partial charge >= 0.3 is 0 Å². The van der Waals surface area contributed by atoms with Crippen LogP contribution in [0.25, 0.3) is 0 Å². The Morgan fingerprint density at radius 3 is 1.62 bits per heavy atom. The van der Waals surface area contributed by atoms with Gasteiger partial charge in [-0.1, -0.05) is 165 Å². The van der Waals surface area contributed by atoms with Crippen molar-refractivity contribution in [1.82, 2.24) is 5.32 Å². The molecule has 0 spiro atoms. The first-order valence-electron chi connectivity index (χ1n) is 24.5. The van der Waals surface area contributed by atoms with E-state index in [9.17, 15) is 40.5 Å². The molecule has 9 atom stereocenters. The summed E-state index contributed by atoms with van der Waals surface area (Å²) in [7, 11) is 0. The van der Waals surface area contributed by atoms with E-state index in [0.29, 0.717) is 19.3 Å². The molecule has 1 rings (SSSR count). The fraction of sp³-hybridized carbons (Fsp3) is 0.820. The number of hydrogen-bond donors (Lipinski definition) is 8. The SMILES string of the molecule is CCC/C=C/CC/C=C/CCCC(O)C(O)C(COC1OC(CO)C(O)C(O)C1O)NC(=O)C(O)CCCCCCCCCC/C=C\C/C=C\CCCCCCCCCCC. The van der Waals surface area contributed by atoms with Crippen molar-refractivity contribution in [3.63, 3.8) is 0 Å². The maximum atomic E-state index is 13.1. The third-order valence-corrected chi connectivity index (χ3v) is 11.6. The van der Waals surface area contributed by atoms with Crippen LogP contribution in [0.5, 0.6) is 0 Å². The highest BCUT2D eigenvalue weighted by Gasteiger charge is 2.44. The number of unbranched alkanes of at least 4 members (excludes halogenated alkanes) is 20. The Morgan fingerprint density at radius 1 is 0.574 bits per heavy atom. The largest absolute Gasteiger partial charge is 0.394 e. The van der Waals surface area contributed by atoms with Gasteiger partial charge in [-0.3, -0.25) is 4.79 Å². The standard InChI is InChI=1S/C50H91NO10/c1-3-5-7-9-11-13-15-16-17-18-19-20-21-22-23-24-25-26-27-28-30-32-34-36-38-43(54)49(59)51-41(40-60-50-48(58)47(57)46(56)44(39-52)61-50)45(55)42(53)37-35-33-31-29-14-12-10-8-6-4-2/h8,10,19-20,22-23,29,31,41-48,50,52-58H,3-7,9,11-18,21,24-28,30,32-40H2,1-2H3,(H,51,59)/b10-8+,20-19-,23-22-,31-29+. The summed E-state index contributed by atoms with van der Waals surface area (Å²) in [5.74, 6) is -0.719. The average Bonchev–Trinajstić information content (AvgIpc) is 3.26. The van der Waals surface area contributed by atoms with E-state index in [0.717, 1.165) is 64.2 Å². The summed E-state index contributed by atoms with van der Waals surface area (Å²) in [6.07, 6.45) is 36.1. The van der Waals surface area contributed by atoms with Gasteiger partial charge in [-0.25, -0.2) is 0 Å². The molecule has 1 saturated heterocycles. The van der Waals surface area contributed by atoms with Crippen molar-refractivity contribution in [3.8, 4) is 0 Å². The molecule has 11 nitrogen and oxygen atoms in total. The third kappa shape index (κ3) is 29.2. The molecule has 0 aromatic carbocycles. The Labute approximate surface area is 370 Å². The van der Waals surface area contributed by atoms with E-state index in [1.165, 1.54) is 83.5 Å². The van der Waals surface area contributed by atoms with Crippen LogP contribution < -0.4 is 5.32 Å². The first-order valence-corrected chi connectivity index (χ1v) is 24.5. The zero-order chi connectivity index (χ0) is 44.8. The van der Waals surface area contributed by atoms with E-state index in [1.54, 1.807) is 0 Å². The molecule has 9 unspecified atom stereocenters. The van der Waals surface area contributed by atoms with Crippen molar-refractivity contribution >= 4 is 5.91 Å². The van der Waals surface area contributed by atoms with Crippen LogP contribution in [0.4, 0.5) is 0 Å². The van der Waals surface area contributed by atoms with Gasteiger partial charge in [0.1, 0.15) is 36.6 Å². The minimum Gasteiger partial charge on any atom is -0.394 e. The highest BCUT2D eigenvalue weighted by atomic mass is 16.7. The lowest BCUT2D eigenvalue weighted by Gasteiger charge is -2.40. The Hall–Kier alpha value is -1.93. The van der Waals surface area contributed by atoms with Gasteiger partial charge < -0.3 is 50.5 Å². The Kier molecular flexibility index (Phi) is 37.1. The molecule has 1 fully saturated rings. The van der Waals surface area contributed by atoms with Gasteiger partial charge in [-0.15, -0.1) is 0 Å². The molecule has 0 saturated carbocycles. The molecule has 1 amide bonds. The van der Waals surface area contributed by atoms with E-state index in [-0.39, 0.29) is 12.8 Å². The lowest BCUT2D eigenvalue weighted by molar-refractivity contribution is -0.303. The second-order valence-corrected chi connectivity index (χ2v) is 17.2. The second-order valence-electron chi connectivity index (χ2n) is 17.2. The van der Waals surface area contributed by atoms with Crippen LogP contribution in [0, 0.1) is 0 Å². The van der Waals surface area contributed by atoms with Gasteiger partial charge in [0.2, 0.25) is 5.91 Å². The lowest BCUT2D eigenvalue weighted by Crippen LogP contribution is -2.60. The van der Waals surface area contributed by atoms with Gasteiger partial charge in [0.25, 0.3) is 0 Å². The Bertz CT molecular complexity index is 1130. The van der Waals surface area contributed by atoms with Crippen molar-refractivity contribution < 1.29 is 50.0 Å². The summed E-state index contributed by atoms with van der Waals surface area (Å²) < 4.78 is 11.1. The number of allylic oxidation sites excluding steroid dienone is 8. The quantitative estimate of drug-likeness (QED) is 0.0219. The maximum absolute atomic E-state index is 13.1. The van der Waals surface area contributed by atoms with Crippen molar-refractivity contribution in [2.75, 3.05) is 13.2 Å². The number of rotatable bonds is 40. The van der Waals surface area contributed by atoms with Gasteiger partial charge in [0.05, 0.1) is 25.4 Å². The summed E-state index contributed by atoms with van der Waals surface area (Å²) in [5, 5.41) is 75.5. The highest BCUT2D eigenvalue weighted by molar-refractivity contribution is 5.80. The number of amides is 1. The van der Waals surface area contributed by atoms with Crippen LogP contribution in [0.1, 0.15) is 194 Å². The number of hydrogen-bond acceptors (Lipinski definition) is 10.